The van der Waals surface area contributed by atoms with Crippen molar-refractivity contribution in [2.75, 3.05) is 0 Å². The van der Waals surface area contributed by atoms with E-state index in [1.807, 2.05) is 41.5 Å². The average Bonchev–Trinajstić information content (AvgIpc) is 2.10. The summed E-state index contributed by atoms with van der Waals surface area (Å²) >= 11 is 0. The molecule has 68 valence electrons. The summed E-state index contributed by atoms with van der Waals surface area (Å²) in [5.41, 5.74) is 2.43. The molecule has 0 heterocycles. The number of allylic oxidation sites excluding steroid dienone is 3. The average molecular weight is 156 g/mol. The third-order valence-electron chi connectivity index (χ3n) is 1.11. The zero-order valence-corrected chi connectivity index (χ0v) is 9.28. The van der Waals surface area contributed by atoms with Gasteiger partial charge in [0, 0.05) is 0 Å². The summed E-state index contributed by atoms with van der Waals surface area (Å²) in [6, 6.07) is 0. The van der Waals surface area contributed by atoms with Crippen molar-refractivity contribution in [3.8, 4) is 0 Å². The van der Waals surface area contributed by atoms with E-state index in [4.69, 9.17) is 0 Å². The van der Waals surface area contributed by atoms with Gasteiger partial charge in [-0.3, -0.25) is 0 Å². The van der Waals surface area contributed by atoms with E-state index in [1.165, 1.54) is 5.57 Å². The Morgan fingerprint density at radius 3 is 1.27 bits per heavy atom. The lowest BCUT2D eigenvalue weighted by molar-refractivity contribution is 1.34. The van der Waals surface area contributed by atoms with Gasteiger partial charge in [0.05, 0.1) is 0 Å². The fourth-order valence-electron chi connectivity index (χ4n) is 0.246. The molecule has 0 saturated heterocycles. The first kappa shape index (κ1) is 16.8. The lowest BCUT2D eigenvalue weighted by Crippen LogP contribution is -1.71. The smallest absolute Gasteiger partial charge is 0.0399 e. The molecule has 0 spiro atoms. The zero-order valence-electron chi connectivity index (χ0n) is 9.28. The molecule has 0 atom stereocenters. The summed E-state index contributed by atoms with van der Waals surface area (Å²) in [5, 5.41) is 0. The molecule has 0 saturated carbocycles. The first-order valence-electron chi connectivity index (χ1n) is 4.47. The van der Waals surface area contributed by atoms with Crippen LogP contribution in [-0.2, 0) is 0 Å². The number of rotatable bonds is 1. The summed E-state index contributed by atoms with van der Waals surface area (Å²) < 4.78 is 0. The van der Waals surface area contributed by atoms with Crippen LogP contribution in [0.3, 0.4) is 0 Å². The Hall–Kier alpha value is -0.520. The highest BCUT2D eigenvalue weighted by Gasteiger charge is 1.81. The van der Waals surface area contributed by atoms with Gasteiger partial charge in [-0.25, -0.2) is 0 Å². The van der Waals surface area contributed by atoms with Crippen molar-refractivity contribution < 1.29 is 0 Å². The van der Waals surface area contributed by atoms with Crippen LogP contribution in [-0.4, -0.2) is 0 Å². The van der Waals surface area contributed by atoms with Crippen LogP contribution in [0.15, 0.2) is 23.8 Å². The van der Waals surface area contributed by atoms with Crippen molar-refractivity contribution in [3.05, 3.63) is 23.8 Å². The second-order valence-electron chi connectivity index (χ2n) is 1.75. The Morgan fingerprint density at radius 2 is 1.27 bits per heavy atom. The first-order valence-corrected chi connectivity index (χ1v) is 4.47. The van der Waals surface area contributed by atoms with E-state index in [0.717, 1.165) is 5.57 Å². The van der Waals surface area contributed by atoms with Crippen molar-refractivity contribution in [2.24, 2.45) is 0 Å². The molecule has 0 unspecified atom stereocenters. The van der Waals surface area contributed by atoms with Crippen LogP contribution in [0.5, 0.6) is 0 Å². The molecule has 0 bridgehead atoms. The third kappa shape index (κ3) is 17.7. The van der Waals surface area contributed by atoms with E-state index >= 15 is 0 Å². The fourth-order valence-corrected chi connectivity index (χ4v) is 0.246. The van der Waals surface area contributed by atoms with Gasteiger partial charge in [0.15, 0.2) is 0 Å². The molecular formula is C11H24. The minimum Gasteiger partial charge on any atom is -0.0959 e. The van der Waals surface area contributed by atoms with E-state index < -0.39 is 0 Å². The van der Waals surface area contributed by atoms with Crippen LogP contribution in [0.4, 0.5) is 0 Å². The highest BCUT2D eigenvalue weighted by molar-refractivity contribution is 5.22. The van der Waals surface area contributed by atoms with Crippen LogP contribution >= 0.6 is 0 Å². The third-order valence-corrected chi connectivity index (χ3v) is 1.11. The number of hydrogen-bond donors (Lipinski definition) is 0. The Labute approximate surface area is 73.0 Å². The van der Waals surface area contributed by atoms with E-state index in [1.54, 1.807) is 0 Å². The summed E-state index contributed by atoms with van der Waals surface area (Å²) in [5.74, 6) is 0. The Morgan fingerprint density at radius 1 is 1.00 bits per heavy atom. The van der Waals surface area contributed by atoms with Gasteiger partial charge in [-0.2, -0.15) is 0 Å². The summed E-state index contributed by atoms with van der Waals surface area (Å²) in [4.78, 5) is 0. The Balaban J connectivity index is -0.000000138. The van der Waals surface area contributed by atoms with Gasteiger partial charge in [-0.1, -0.05) is 51.5 Å². The Kier molecular flexibility index (Phi) is 24.8. The molecule has 0 aromatic heterocycles. The van der Waals surface area contributed by atoms with Gasteiger partial charge in [-0.15, -0.1) is 0 Å². The summed E-state index contributed by atoms with van der Waals surface area (Å²) in [6.45, 7) is 17.8. The van der Waals surface area contributed by atoms with Crippen LogP contribution in [0.2, 0.25) is 0 Å². The Bertz CT molecular complexity index is 96.6. The molecule has 0 nitrogen and oxygen atoms in total. The first-order chi connectivity index (χ1) is 5.18. The molecule has 0 amide bonds. The van der Waals surface area contributed by atoms with Crippen molar-refractivity contribution in [1.82, 2.24) is 0 Å². The topological polar surface area (TPSA) is 0 Å². The largest absolute Gasteiger partial charge is 0.0959 e. The second kappa shape index (κ2) is 16.2. The molecule has 0 aliphatic rings. The van der Waals surface area contributed by atoms with Crippen LogP contribution < -0.4 is 0 Å². The molecule has 0 radical (unpaired) electrons. The predicted molar refractivity (Wildman–Crippen MR) is 56.9 cm³/mol. The molecule has 0 aromatic carbocycles. The molecule has 11 heavy (non-hydrogen) atoms. The highest BCUT2D eigenvalue weighted by atomic mass is 13.9. The SMILES string of the molecule is C=C(C)/C(C)=C\C.CC.CC. The van der Waals surface area contributed by atoms with Crippen molar-refractivity contribution in [1.29, 1.82) is 0 Å². The van der Waals surface area contributed by atoms with Crippen LogP contribution in [0, 0.1) is 0 Å². The molecule has 0 fully saturated rings. The van der Waals surface area contributed by atoms with Crippen molar-refractivity contribution >= 4 is 0 Å². The van der Waals surface area contributed by atoms with Gasteiger partial charge >= 0.3 is 0 Å². The maximum Gasteiger partial charge on any atom is -0.0399 e. The van der Waals surface area contributed by atoms with Gasteiger partial charge in [-0.05, 0) is 20.8 Å². The van der Waals surface area contributed by atoms with Gasteiger partial charge in [0.1, 0.15) is 0 Å². The van der Waals surface area contributed by atoms with Gasteiger partial charge in [0.2, 0.25) is 0 Å². The maximum absolute atomic E-state index is 3.76. The van der Waals surface area contributed by atoms with E-state index in [9.17, 15) is 0 Å². The second-order valence-corrected chi connectivity index (χ2v) is 1.75. The van der Waals surface area contributed by atoms with Crippen LogP contribution in [0.25, 0.3) is 0 Å². The quantitative estimate of drug-likeness (QED) is 0.487. The standard InChI is InChI=1S/C7H12.2C2H6/c1-5-7(4)6(2)3;2*1-2/h5H,2H2,1,3-4H3;2*1-2H3/b7-5-;;. The predicted octanol–water partition coefficient (Wildman–Crippen LogP) is 4.58. The van der Waals surface area contributed by atoms with Gasteiger partial charge < -0.3 is 0 Å². The molecule has 0 rings (SSSR count). The van der Waals surface area contributed by atoms with E-state index in [2.05, 4.69) is 19.6 Å². The monoisotopic (exact) mass is 156 g/mol. The van der Waals surface area contributed by atoms with E-state index in [-0.39, 0.29) is 0 Å². The molecule has 0 N–H and O–H groups in total. The molecule has 0 aromatic rings. The van der Waals surface area contributed by atoms with Gasteiger partial charge in [0.25, 0.3) is 0 Å². The lowest BCUT2D eigenvalue weighted by atomic mass is 10.2. The lowest BCUT2D eigenvalue weighted by Gasteiger charge is -1.92. The highest BCUT2D eigenvalue weighted by Crippen LogP contribution is 2.02. The van der Waals surface area contributed by atoms with Crippen molar-refractivity contribution in [2.45, 2.75) is 48.5 Å². The summed E-state index contributed by atoms with van der Waals surface area (Å²) in [7, 11) is 0. The van der Waals surface area contributed by atoms with Crippen molar-refractivity contribution in [3.63, 3.8) is 0 Å². The van der Waals surface area contributed by atoms with Crippen LogP contribution in [0.1, 0.15) is 48.5 Å². The minimum absolute atomic E-state index is 1.16. The minimum atomic E-state index is 1.16. The zero-order chi connectivity index (χ0) is 9.86. The van der Waals surface area contributed by atoms with E-state index in [0.29, 0.717) is 0 Å². The molecular weight excluding hydrogens is 132 g/mol. The normalized spacial score (nSPS) is 8.45. The number of hydrogen-bond acceptors (Lipinski definition) is 0. The molecule has 0 heteroatoms. The molecule has 0 aliphatic heterocycles. The fraction of sp³-hybridized carbons (Fsp3) is 0.636. The molecule has 0 aliphatic carbocycles. The summed E-state index contributed by atoms with van der Waals surface area (Å²) in [6.07, 6.45) is 2.06. The maximum atomic E-state index is 3.76.